The number of methoxy groups -OCH3 is 2. The summed E-state index contributed by atoms with van der Waals surface area (Å²) in [5, 5.41) is 3.51. The van der Waals surface area contributed by atoms with E-state index in [1.54, 1.807) is 14.2 Å². The van der Waals surface area contributed by atoms with Crippen LogP contribution in [0.3, 0.4) is 0 Å². The predicted octanol–water partition coefficient (Wildman–Crippen LogP) is 3.86. The van der Waals surface area contributed by atoms with Crippen LogP contribution in [-0.2, 0) is 12.8 Å². The fourth-order valence-electron chi connectivity index (χ4n) is 3.73. The zero-order chi connectivity index (χ0) is 16.8. The van der Waals surface area contributed by atoms with Crippen molar-refractivity contribution < 1.29 is 9.47 Å². The van der Waals surface area contributed by atoms with Crippen molar-refractivity contribution in [3.63, 3.8) is 0 Å². The molecule has 0 bridgehead atoms. The molecule has 0 saturated carbocycles. The minimum absolute atomic E-state index is 0.328. The van der Waals surface area contributed by atoms with Crippen LogP contribution in [0.25, 0.3) is 0 Å². The Balaban J connectivity index is 1.77. The molecule has 1 aliphatic rings. The maximum absolute atomic E-state index is 5.28. The topological polar surface area (TPSA) is 30.5 Å². The van der Waals surface area contributed by atoms with E-state index in [9.17, 15) is 0 Å². The number of piperidine rings is 1. The molecule has 1 N–H and O–H groups in total. The second-order valence-corrected chi connectivity index (χ2v) is 6.80. The average Bonchev–Trinajstić information content (AvgIpc) is 2.64. The standard InChI is InChI=1S/C21H27NO2/c1-23-19-7-3-17(4-8-19)15-21(11-13-22-14-12-21)16-18-5-9-20(24-2)10-6-18/h3-10,22H,11-16H2,1-2H3. The minimum Gasteiger partial charge on any atom is -0.497 e. The Morgan fingerprint density at radius 1 is 0.750 bits per heavy atom. The van der Waals surface area contributed by atoms with Gasteiger partial charge in [-0.2, -0.15) is 0 Å². The number of nitrogens with one attached hydrogen (secondary N) is 1. The van der Waals surface area contributed by atoms with Crippen LogP contribution in [0.15, 0.2) is 48.5 Å². The highest BCUT2D eigenvalue weighted by molar-refractivity contribution is 5.30. The first kappa shape index (κ1) is 16.8. The van der Waals surface area contributed by atoms with Gasteiger partial charge in [0.25, 0.3) is 0 Å². The van der Waals surface area contributed by atoms with Crippen LogP contribution >= 0.6 is 0 Å². The number of hydrogen-bond acceptors (Lipinski definition) is 3. The summed E-state index contributed by atoms with van der Waals surface area (Å²) in [4.78, 5) is 0. The van der Waals surface area contributed by atoms with E-state index in [-0.39, 0.29) is 0 Å². The van der Waals surface area contributed by atoms with Gasteiger partial charge in [-0.05, 0) is 79.6 Å². The van der Waals surface area contributed by atoms with Crippen molar-refractivity contribution >= 4 is 0 Å². The van der Waals surface area contributed by atoms with Crippen LogP contribution in [0.5, 0.6) is 11.5 Å². The lowest BCUT2D eigenvalue weighted by molar-refractivity contribution is 0.198. The van der Waals surface area contributed by atoms with Gasteiger partial charge in [-0.1, -0.05) is 24.3 Å². The quantitative estimate of drug-likeness (QED) is 0.875. The van der Waals surface area contributed by atoms with E-state index in [0.29, 0.717) is 5.41 Å². The molecule has 0 aromatic heterocycles. The van der Waals surface area contributed by atoms with Crippen molar-refractivity contribution in [1.82, 2.24) is 5.32 Å². The van der Waals surface area contributed by atoms with Gasteiger partial charge in [0.15, 0.2) is 0 Å². The SMILES string of the molecule is COc1ccc(CC2(Cc3ccc(OC)cc3)CCNCC2)cc1. The van der Waals surface area contributed by atoms with E-state index in [0.717, 1.165) is 37.4 Å². The van der Waals surface area contributed by atoms with Gasteiger partial charge in [-0.25, -0.2) is 0 Å². The van der Waals surface area contributed by atoms with Crippen LogP contribution in [0, 0.1) is 5.41 Å². The Labute approximate surface area is 145 Å². The van der Waals surface area contributed by atoms with Gasteiger partial charge in [0.1, 0.15) is 11.5 Å². The molecule has 0 amide bonds. The lowest BCUT2D eigenvalue weighted by Crippen LogP contribution is -2.39. The van der Waals surface area contributed by atoms with Crippen LogP contribution in [0.4, 0.5) is 0 Å². The molecule has 128 valence electrons. The van der Waals surface area contributed by atoms with E-state index < -0.39 is 0 Å². The molecule has 1 aliphatic heterocycles. The van der Waals surface area contributed by atoms with Crippen LogP contribution in [0.2, 0.25) is 0 Å². The largest absolute Gasteiger partial charge is 0.497 e. The zero-order valence-electron chi connectivity index (χ0n) is 14.7. The lowest BCUT2D eigenvalue weighted by Gasteiger charge is -2.38. The van der Waals surface area contributed by atoms with Crippen LogP contribution in [0.1, 0.15) is 24.0 Å². The predicted molar refractivity (Wildman–Crippen MR) is 97.9 cm³/mol. The normalized spacial score (nSPS) is 16.6. The highest BCUT2D eigenvalue weighted by Gasteiger charge is 2.32. The maximum Gasteiger partial charge on any atom is 0.118 e. The molecule has 0 radical (unpaired) electrons. The Morgan fingerprint density at radius 3 is 1.54 bits per heavy atom. The molecule has 1 saturated heterocycles. The fraction of sp³-hybridized carbons (Fsp3) is 0.429. The molecule has 3 heteroatoms. The second kappa shape index (κ2) is 7.71. The van der Waals surface area contributed by atoms with Gasteiger partial charge in [0, 0.05) is 0 Å². The first-order valence-corrected chi connectivity index (χ1v) is 8.70. The van der Waals surface area contributed by atoms with E-state index in [2.05, 4.69) is 53.8 Å². The van der Waals surface area contributed by atoms with Crippen molar-refractivity contribution in [2.75, 3.05) is 27.3 Å². The Morgan fingerprint density at radius 2 is 1.17 bits per heavy atom. The zero-order valence-corrected chi connectivity index (χ0v) is 14.7. The Bertz CT molecular complexity index is 576. The molecule has 24 heavy (non-hydrogen) atoms. The summed E-state index contributed by atoms with van der Waals surface area (Å²) < 4.78 is 10.6. The molecular formula is C21H27NO2. The van der Waals surface area contributed by atoms with Crippen molar-refractivity contribution in [3.8, 4) is 11.5 Å². The molecule has 0 aliphatic carbocycles. The van der Waals surface area contributed by atoms with Gasteiger partial charge in [-0.3, -0.25) is 0 Å². The summed E-state index contributed by atoms with van der Waals surface area (Å²) in [6, 6.07) is 17.1. The maximum atomic E-state index is 5.28. The monoisotopic (exact) mass is 325 g/mol. The Kier molecular flexibility index (Phi) is 5.41. The lowest BCUT2D eigenvalue weighted by atomic mass is 9.70. The third-order valence-electron chi connectivity index (χ3n) is 5.14. The summed E-state index contributed by atoms with van der Waals surface area (Å²) in [5.41, 5.74) is 3.12. The van der Waals surface area contributed by atoms with Crippen molar-refractivity contribution in [2.45, 2.75) is 25.7 Å². The van der Waals surface area contributed by atoms with Crippen LogP contribution < -0.4 is 14.8 Å². The summed E-state index contributed by atoms with van der Waals surface area (Å²) in [6.45, 7) is 2.21. The summed E-state index contributed by atoms with van der Waals surface area (Å²) in [6.07, 6.45) is 4.66. The van der Waals surface area contributed by atoms with Gasteiger partial charge in [0.05, 0.1) is 14.2 Å². The highest BCUT2D eigenvalue weighted by atomic mass is 16.5. The van der Waals surface area contributed by atoms with Crippen molar-refractivity contribution in [1.29, 1.82) is 0 Å². The summed E-state index contributed by atoms with van der Waals surface area (Å²) in [7, 11) is 3.43. The average molecular weight is 325 g/mol. The third-order valence-corrected chi connectivity index (χ3v) is 5.14. The van der Waals surface area contributed by atoms with Gasteiger partial charge in [-0.15, -0.1) is 0 Å². The molecule has 3 nitrogen and oxygen atoms in total. The van der Waals surface area contributed by atoms with Gasteiger partial charge in [0.2, 0.25) is 0 Å². The third kappa shape index (κ3) is 4.09. The molecule has 0 atom stereocenters. The molecular weight excluding hydrogens is 298 g/mol. The summed E-state index contributed by atoms with van der Waals surface area (Å²) in [5.74, 6) is 1.85. The van der Waals surface area contributed by atoms with E-state index in [1.807, 2.05) is 0 Å². The molecule has 3 rings (SSSR count). The highest BCUT2D eigenvalue weighted by Crippen LogP contribution is 2.37. The van der Waals surface area contributed by atoms with E-state index in [4.69, 9.17) is 9.47 Å². The van der Waals surface area contributed by atoms with E-state index >= 15 is 0 Å². The summed E-state index contributed by atoms with van der Waals surface area (Å²) >= 11 is 0. The number of rotatable bonds is 6. The van der Waals surface area contributed by atoms with E-state index in [1.165, 1.54) is 24.0 Å². The molecule has 2 aromatic carbocycles. The van der Waals surface area contributed by atoms with Crippen molar-refractivity contribution in [2.24, 2.45) is 5.41 Å². The van der Waals surface area contributed by atoms with Gasteiger partial charge < -0.3 is 14.8 Å². The molecule has 1 fully saturated rings. The van der Waals surface area contributed by atoms with Crippen molar-refractivity contribution in [3.05, 3.63) is 59.7 Å². The molecule has 0 spiro atoms. The van der Waals surface area contributed by atoms with Crippen LogP contribution in [-0.4, -0.2) is 27.3 Å². The second-order valence-electron chi connectivity index (χ2n) is 6.80. The first-order chi connectivity index (χ1) is 11.7. The fourth-order valence-corrected chi connectivity index (χ4v) is 3.73. The van der Waals surface area contributed by atoms with Gasteiger partial charge >= 0.3 is 0 Å². The number of hydrogen-bond donors (Lipinski definition) is 1. The molecule has 2 aromatic rings. The minimum atomic E-state index is 0.328. The Hall–Kier alpha value is -2.00. The molecule has 1 heterocycles. The number of ether oxygens (including phenoxy) is 2. The molecule has 0 unspecified atom stereocenters. The smallest absolute Gasteiger partial charge is 0.118 e. The first-order valence-electron chi connectivity index (χ1n) is 8.70. The number of benzene rings is 2.